The molecule has 1 amide bonds. The number of H-pyrrole nitrogens is 1. The van der Waals surface area contributed by atoms with E-state index in [1.807, 2.05) is 0 Å². The maximum absolute atomic E-state index is 11.4. The molecule has 0 spiro atoms. The van der Waals surface area contributed by atoms with Crippen molar-refractivity contribution in [3.8, 4) is 0 Å². The van der Waals surface area contributed by atoms with E-state index < -0.39 is 0 Å². The van der Waals surface area contributed by atoms with Crippen molar-refractivity contribution < 1.29 is 4.79 Å². The first-order valence-corrected chi connectivity index (χ1v) is 4.77. The molecule has 1 aromatic rings. The van der Waals surface area contributed by atoms with Crippen LogP contribution in [0.15, 0.2) is 0 Å². The summed E-state index contributed by atoms with van der Waals surface area (Å²) in [7, 11) is 0. The van der Waals surface area contributed by atoms with Crippen LogP contribution in [0.1, 0.15) is 36.7 Å². The highest BCUT2D eigenvalue weighted by Crippen LogP contribution is 1.97. The Bertz CT molecular complexity index is 306. The second-order valence-corrected chi connectivity index (χ2v) is 3.68. The normalized spacial score (nSPS) is 10.6. The molecule has 0 fully saturated rings. The fourth-order valence-corrected chi connectivity index (χ4v) is 0.998. The molecule has 1 aromatic heterocycles. The Morgan fingerprint density at radius 3 is 2.79 bits per heavy atom. The van der Waals surface area contributed by atoms with Crippen molar-refractivity contribution in [1.82, 2.24) is 20.5 Å². The Morgan fingerprint density at radius 2 is 2.29 bits per heavy atom. The fourth-order valence-electron chi connectivity index (χ4n) is 0.998. The molecule has 78 valence electrons. The highest BCUT2D eigenvalue weighted by molar-refractivity contribution is 5.90. The zero-order chi connectivity index (χ0) is 10.6. The number of aryl methyl sites for hydroxylation is 1. The number of nitrogens with one attached hydrogen (secondary N) is 2. The van der Waals surface area contributed by atoms with E-state index in [9.17, 15) is 4.79 Å². The number of carbonyl (C=O) groups excluding carboxylic acids is 1. The number of aromatic amines is 1. The first kappa shape index (κ1) is 10.7. The summed E-state index contributed by atoms with van der Waals surface area (Å²) in [6.07, 6.45) is 0.967. The van der Waals surface area contributed by atoms with Crippen LogP contribution in [0, 0.1) is 12.8 Å². The molecule has 0 aromatic carbocycles. The molecule has 0 aliphatic rings. The average Bonchev–Trinajstić information content (AvgIpc) is 2.51. The number of carbonyl (C=O) groups is 1. The number of hydrogen-bond acceptors (Lipinski definition) is 3. The van der Waals surface area contributed by atoms with Crippen LogP contribution in [0.2, 0.25) is 0 Å². The van der Waals surface area contributed by atoms with Gasteiger partial charge in [0.1, 0.15) is 5.82 Å². The van der Waals surface area contributed by atoms with E-state index in [1.54, 1.807) is 6.92 Å². The molecule has 0 atom stereocenters. The third-order valence-corrected chi connectivity index (χ3v) is 1.81. The van der Waals surface area contributed by atoms with Crippen molar-refractivity contribution >= 4 is 5.91 Å². The summed E-state index contributed by atoms with van der Waals surface area (Å²) in [5.74, 6) is 1.24. The quantitative estimate of drug-likeness (QED) is 0.751. The lowest BCUT2D eigenvalue weighted by Crippen LogP contribution is -2.26. The van der Waals surface area contributed by atoms with Gasteiger partial charge < -0.3 is 5.32 Å². The third-order valence-electron chi connectivity index (χ3n) is 1.81. The van der Waals surface area contributed by atoms with Crippen molar-refractivity contribution in [2.75, 3.05) is 6.54 Å². The van der Waals surface area contributed by atoms with Gasteiger partial charge in [-0.05, 0) is 19.3 Å². The highest BCUT2D eigenvalue weighted by atomic mass is 16.2. The van der Waals surface area contributed by atoms with Gasteiger partial charge in [0.2, 0.25) is 5.82 Å². The van der Waals surface area contributed by atoms with Crippen LogP contribution in [0.5, 0.6) is 0 Å². The minimum atomic E-state index is -0.213. The summed E-state index contributed by atoms with van der Waals surface area (Å²) in [6, 6.07) is 0. The fraction of sp³-hybridized carbons (Fsp3) is 0.667. The van der Waals surface area contributed by atoms with E-state index in [2.05, 4.69) is 34.3 Å². The van der Waals surface area contributed by atoms with Gasteiger partial charge in [-0.3, -0.25) is 9.89 Å². The molecule has 0 radical (unpaired) electrons. The highest BCUT2D eigenvalue weighted by Gasteiger charge is 2.09. The van der Waals surface area contributed by atoms with Crippen LogP contribution in [-0.2, 0) is 0 Å². The Labute approximate surface area is 83.3 Å². The molecule has 2 N–H and O–H groups in total. The smallest absolute Gasteiger partial charge is 0.290 e. The molecule has 0 aliphatic heterocycles. The maximum atomic E-state index is 11.4. The minimum absolute atomic E-state index is 0.213. The molecule has 0 saturated carbocycles. The Morgan fingerprint density at radius 1 is 1.57 bits per heavy atom. The molecule has 0 unspecified atom stereocenters. The molecule has 0 saturated heterocycles. The van der Waals surface area contributed by atoms with Crippen molar-refractivity contribution in [2.45, 2.75) is 27.2 Å². The molecule has 1 rings (SSSR count). The van der Waals surface area contributed by atoms with Crippen LogP contribution >= 0.6 is 0 Å². The van der Waals surface area contributed by atoms with Gasteiger partial charge in [0.15, 0.2) is 0 Å². The molecule has 5 nitrogen and oxygen atoms in total. The number of aromatic nitrogens is 3. The Balaban J connectivity index is 2.36. The average molecular weight is 196 g/mol. The van der Waals surface area contributed by atoms with E-state index >= 15 is 0 Å². The standard InChI is InChI=1S/C9H16N4O/c1-6(2)4-5-10-9(14)8-11-7(3)12-13-8/h6H,4-5H2,1-3H3,(H,10,14)(H,11,12,13). The summed E-state index contributed by atoms with van der Waals surface area (Å²) in [5.41, 5.74) is 0. The van der Waals surface area contributed by atoms with E-state index in [1.165, 1.54) is 0 Å². The van der Waals surface area contributed by atoms with Gasteiger partial charge >= 0.3 is 0 Å². The maximum Gasteiger partial charge on any atom is 0.290 e. The second-order valence-electron chi connectivity index (χ2n) is 3.68. The topological polar surface area (TPSA) is 70.7 Å². The zero-order valence-electron chi connectivity index (χ0n) is 8.79. The molecular weight excluding hydrogens is 180 g/mol. The van der Waals surface area contributed by atoms with E-state index in [-0.39, 0.29) is 11.7 Å². The minimum Gasteiger partial charge on any atom is -0.349 e. The largest absolute Gasteiger partial charge is 0.349 e. The second kappa shape index (κ2) is 4.74. The van der Waals surface area contributed by atoms with Crippen molar-refractivity contribution in [1.29, 1.82) is 0 Å². The van der Waals surface area contributed by atoms with Crippen molar-refractivity contribution in [3.63, 3.8) is 0 Å². The summed E-state index contributed by atoms with van der Waals surface area (Å²) in [4.78, 5) is 15.3. The van der Waals surface area contributed by atoms with Crippen LogP contribution in [-0.4, -0.2) is 27.6 Å². The number of rotatable bonds is 4. The summed E-state index contributed by atoms with van der Waals surface area (Å²) >= 11 is 0. The molecule has 5 heteroatoms. The Hall–Kier alpha value is -1.39. The van der Waals surface area contributed by atoms with Gasteiger partial charge in [-0.15, -0.1) is 5.10 Å². The molecule has 1 heterocycles. The molecule has 14 heavy (non-hydrogen) atoms. The lowest BCUT2D eigenvalue weighted by molar-refractivity contribution is 0.0942. The monoisotopic (exact) mass is 196 g/mol. The number of nitrogens with zero attached hydrogens (tertiary/aromatic N) is 2. The summed E-state index contributed by atoms with van der Waals surface area (Å²) in [5, 5.41) is 9.15. The molecule has 0 bridgehead atoms. The van der Waals surface area contributed by atoms with Crippen molar-refractivity contribution in [3.05, 3.63) is 11.6 Å². The van der Waals surface area contributed by atoms with E-state index in [0.29, 0.717) is 18.3 Å². The van der Waals surface area contributed by atoms with Gasteiger partial charge in [0.05, 0.1) is 0 Å². The third kappa shape index (κ3) is 3.16. The van der Waals surface area contributed by atoms with Crippen LogP contribution in [0.4, 0.5) is 0 Å². The van der Waals surface area contributed by atoms with E-state index in [0.717, 1.165) is 6.42 Å². The van der Waals surface area contributed by atoms with Crippen LogP contribution < -0.4 is 5.32 Å². The number of hydrogen-bond donors (Lipinski definition) is 2. The van der Waals surface area contributed by atoms with E-state index in [4.69, 9.17) is 0 Å². The number of amides is 1. The van der Waals surface area contributed by atoms with Gasteiger partial charge in [0.25, 0.3) is 5.91 Å². The van der Waals surface area contributed by atoms with Crippen LogP contribution in [0.25, 0.3) is 0 Å². The predicted molar refractivity (Wildman–Crippen MR) is 52.9 cm³/mol. The summed E-state index contributed by atoms with van der Waals surface area (Å²) < 4.78 is 0. The first-order chi connectivity index (χ1) is 6.59. The Kier molecular flexibility index (Phi) is 3.62. The zero-order valence-corrected chi connectivity index (χ0v) is 8.79. The molecule has 0 aliphatic carbocycles. The van der Waals surface area contributed by atoms with Gasteiger partial charge in [-0.1, -0.05) is 13.8 Å². The van der Waals surface area contributed by atoms with Crippen LogP contribution in [0.3, 0.4) is 0 Å². The SMILES string of the molecule is Cc1nc(C(=O)NCCC(C)C)n[nH]1. The summed E-state index contributed by atoms with van der Waals surface area (Å²) in [6.45, 7) is 6.66. The predicted octanol–water partition coefficient (Wildman–Crippen LogP) is 0.889. The lowest BCUT2D eigenvalue weighted by Gasteiger charge is -2.04. The van der Waals surface area contributed by atoms with Crippen molar-refractivity contribution in [2.24, 2.45) is 5.92 Å². The molecular formula is C9H16N4O. The first-order valence-electron chi connectivity index (χ1n) is 4.77. The van der Waals surface area contributed by atoms with Gasteiger partial charge in [-0.25, -0.2) is 4.98 Å². The van der Waals surface area contributed by atoms with Gasteiger partial charge in [0, 0.05) is 6.54 Å². The van der Waals surface area contributed by atoms with Gasteiger partial charge in [-0.2, -0.15) is 0 Å². The lowest BCUT2D eigenvalue weighted by atomic mass is 10.1.